The van der Waals surface area contributed by atoms with Gasteiger partial charge in [-0.3, -0.25) is 4.79 Å². The van der Waals surface area contributed by atoms with Crippen LogP contribution in [0.5, 0.6) is 0 Å². The van der Waals surface area contributed by atoms with E-state index in [-0.39, 0.29) is 5.92 Å². The number of para-hydroxylation sites is 1. The SMILES string of the molecule is O=CN1CCCC(c2ccccc2)C1(Nc1ccccc1)c1cnc2[nH]cnc2c1. The van der Waals surface area contributed by atoms with Crippen LogP contribution < -0.4 is 5.32 Å². The topological polar surface area (TPSA) is 73.9 Å². The van der Waals surface area contributed by atoms with E-state index in [2.05, 4.69) is 44.5 Å². The zero-order valence-corrected chi connectivity index (χ0v) is 16.5. The molecule has 2 aromatic carbocycles. The summed E-state index contributed by atoms with van der Waals surface area (Å²) in [4.78, 5) is 26.3. The maximum Gasteiger partial charge on any atom is 0.211 e. The number of piperidine rings is 1. The number of likely N-dealkylation sites (tertiary alicyclic amines) is 1. The van der Waals surface area contributed by atoms with Gasteiger partial charge < -0.3 is 15.2 Å². The molecule has 150 valence electrons. The van der Waals surface area contributed by atoms with E-state index in [4.69, 9.17) is 0 Å². The van der Waals surface area contributed by atoms with Crippen LogP contribution in [0, 0.1) is 0 Å². The van der Waals surface area contributed by atoms with Crippen LogP contribution in [0.25, 0.3) is 11.2 Å². The predicted octanol–water partition coefficient (Wildman–Crippen LogP) is 4.26. The minimum atomic E-state index is -0.775. The molecule has 0 radical (unpaired) electrons. The summed E-state index contributed by atoms with van der Waals surface area (Å²) >= 11 is 0. The van der Waals surface area contributed by atoms with Crippen LogP contribution in [0.15, 0.2) is 79.3 Å². The number of carbonyl (C=O) groups excluding carboxylic acids is 1. The van der Waals surface area contributed by atoms with Gasteiger partial charge in [-0.15, -0.1) is 0 Å². The minimum Gasteiger partial charge on any atom is -0.358 e. The standard InChI is InChI=1S/C24H23N5O/c30-17-29-13-7-12-21(18-8-3-1-4-9-18)24(29,28-20-10-5-2-6-11-20)19-14-22-23(25-15-19)27-16-26-22/h1-6,8-11,14-17,21,28H,7,12-13H2,(H,25,26,27). The third kappa shape index (κ3) is 3.01. The molecule has 2 unspecified atom stereocenters. The Morgan fingerprint density at radius 1 is 1.07 bits per heavy atom. The van der Waals surface area contributed by atoms with Crippen molar-refractivity contribution in [3.8, 4) is 0 Å². The van der Waals surface area contributed by atoms with Gasteiger partial charge in [-0.25, -0.2) is 9.97 Å². The number of nitrogens with one attached hydrogen (secondary N) is 2. The van der Waals surface area contributed by atoms with Crippen LogP contribution >= 0.6 is 0 Å². The molecule has 1 aliphatic heterocycles. The van der Waals surface area contributed by atoms with E-state index < -0.39 is 5.66 Å². The van der Waals surface area contributed by atoms with E-state index >= 15 is 0 Å². The first-order valence-electron chi connectivity index (χ1n) is 10.2. The van der Waals surface area contributed by atoms with Crippen LogP contribution in [0.3, 0.4) is 0 Å². The van der Waals surface area contributed by atoms with E-state index in [1.54, 1.807) is 6.33 Å². The first-order chi connectivity index (χ1) is 14.8. The Labute approximate surface area is 175 Å². The van der Waals surface area contributed by atoms with Crippen molar-refractivity contribution in [2.45, 2.75) is 24.4 Å². The Morgan fingerprint density at radius 3 is 2.60 bits per heavy atom. The van der Waals surface area contributed by atoms with Gasteiger partial charge >= 0.3 is 0 Å². The zero-order valence-electron chi connectivity index (χ0n) is 16.5. The number of H-pyrrole nitrogens is 1. The Bertz CT molecular complexity index is 1140. The van der Waals surface area contributed by atoms with Gasteiger partial charge in [0.05, 0.1) is 6.33 Å². The average Bonchev–Trinajstić information content (AvgIpc) is 3.28. The smallest absolute Gasteiger partial charge is 0.211 e. The van der Waals surface area contributed by atoms with Crippen LogP contribution in [0.2, 0.25) is 0 Å². The third-order valence-corrected chi connectivity index (χ3v) is 6.00. The van der Waals surface area contributed by atoms with Gasteiger partial charge in [0.1, 0.15) is 11.2 Å². The van der Waals surface area contributed by atoms with Gasteiger partial charge in [-0.1, -0.05) is 48.5 Å². The number of hydrogen-bond acceptors (Lipinski definition) is 4. The third-order valence-electron chi connectivity index (χ3n) is 6.00. The molecule has 6 heteroatoms. The molecule has 1 aliphatic rings. The fourth-order valence-corrected chi connectivity index (χ4v) is 4.65. The summed E-state index contributed by atoms with van der Waals surface area (Å²) in [7, 11) is 0. The molecule has 6 nitrogen and oxygen atoms in total. The normalized spacial score (nSPS) is 21.5. The number of amides is 1. The van der Waals surface area contributed by atoms with Crippen molar-refractivity contribution >= 4 is 23.3 Å². The summed E-state index contributed by atoms with van der Waals surface area (Å²) in [6.07, 6.45) is 6.35. The van der Waals surface area contributed by atoms with Crippen LogP contribution in [0.4, 0.5) is 5.69 Å². The van der Waals surface area contributed by atoms with Gasteiger partial charge in [0.15, 0.2) is 5.65 Å². The summed E-state index contributed by atoms with van der Waals surface area (Å²) in [5.74, 6) is 0.0519. The molecule has 0 spiro atoms. The predicted molar refractivity (Wildman–Crippen MR) is 117 cm³/mol. The summed E-state index contributed by atoms with van der Waals surface area (Å²) in [5, 5.41) is 3.73. The lowest BCUT2D eigenvalue weighted by atomic mass is 9.75. The highest BCUT2D eigenvalue weighted by molar-refractivity contribution is 5.71. The van der Waals surface area contributed by atoms with E-state index in [1.165, 1.54) is 5.56 Å². The van der Waals surface area contributed by atoms with Crippen molar-refractivity contribution in [2.75, 3.05) is 11.9 Å². The zero-order chi connectivity index (χ0) is 20.4. The molecule has 5 rings (SSSR count). The van der Waals surface area contributed by atoms with Crippen molar-refractivity contribution in [1.82, 2.24) is 19.9 Å². The number of carbonyl (C=O) groups is 1. The first-order valence-corrected chi connectivity index (χ1v) is 10.2. The number of imidazole rings is 1. The van der Waals surface area contributed by atoms with Crippen molar-refractivity contribution < 1.29 is 4.79 Å². The largest absolute Gasteiger partial charge is 0.358 e. The second-order valence-corrected chi connectivity index (χ2v) is 7.66. The number of benzene rings is 2. The number of fused-ring (bicyclic) bond motifs is 1. The lowest BCUT2D eigenvalue weighted by Gasteiger charge is -2.51. The molecule has 1 saturated heterocycles. The molecule has 2 atom stereocenters. The van der Waals surface area contributed by atoms with E-state index in [0.717, 1.165) is 41.7 Å². The van der Waals surface area contributed by atoms with Crippen molar-refractivity contribution in [3.05, 3.63) is 90.4 Å². The molecule has 4 aromatic rings. The first kappa shape index (κ1) is 18.4. The molecular weight excluding hydrogens is 374 g/mol. The second-order valence-electron chi connectivity index (χ2n) is 7.66. The highest BCUT2D eigenvalue weighted by Gasteiger charge is 2.48. The maximum absolute atomic E-state index is 12.4. The molecule has 2 aromatic heterocycles. The number of hydrogen-bond donors (Lipinski definition) is 2. The highest BCUT2D eigenvalue weighted by atomic mass is 16.1. The monoisotopic (exact) mass is 397 g/mol. The van der Waals surface area contributed by atoms with Gasteiger partial charge in [0.2, 0.25) is 6.41 Å². The van der Waals surface area contributed by atoms with Gasteiger partial charge in [-0.2, -0.15) is 0 Å². The molecule has 0 bridgehead atoms. The van der Waals surface area contributed by atoms with Gasteiger partial charge in [-0.05, 0) is 36.6 Å². The highest BCUT2D eigenvalue weighted by Crippen LogP contribution is 2.47. The molecule has 1 amide bonds. The molecule has 2 N–H and O–H groups in total. The summed E-state index contributed by atoms with van der Waals surface area (Å²) in [6.45, 7) is 0.672. The number of aromatic amines is 1. The van der Waals surface area contributed by atoms with Crippen molar-refractivity contribution in [1.29, 1.82) is 0 Å². The van der Waals surface area contributed by atoms with E-state index in [0.29, 0.717) is 6.54 Å². The average molecular weight is 397 g/mol. The van der Waals surface area contributed by atoms with Crippen molar-refractivity contribution in [3.63, 3.8) is 0 Å². The Hall–Kier alpha value is -3.67. The molecule has 3 heterocycles. The Balaban J connectivity index is 1.75. The fourth-order valence-electron chi connectivity index (χ4n) is 4.65. The summed E-state index contributed by atoms with van der Waals surface area (Å²) in [5.41, 5.74) is 3.81. The summed E-state index contributed by atoms with van der Waals surface area (Å²) in [6, 6.07) is 22.5. The van der Waals surface area contributed by atoms with Gasteiger partial charge in [0.25, 0.3) is 0 Å². The maximum atomic E-state index is 12.4. The van der Waals surface area contributed by atoms with Gasteiger partial charge in [0, 0.05) is 29.9 Å². The van der Waals surface area contributed by atoms with Crippen LogP contribution in [-0.4, -0.2) is 32.8 Å². The van der Waals surface area contributed by atoms with Crippen molar-refractivity contribution in [2.24, 2.45) is 0 Å². The molecule has 1 fully saturated rings. The number of anilines is 1. The number of pyridine rings is 1. The van der Waals surface area contributed by atoms with E-state index in [9.17, 15) is 4.79 Å². The summed E-state index contributed by atoms with van der Waals surface area (Å²) < 4.78 is 0. The molecule has 30 heavy (non-hydrogen) atoms. The molecule has 0 aliphatic carbocycles. The van der Waals surface area contributed by atoms with E-state index in [1.807, 2.05) is 53.6 Å². The van der Waals surface area contributed by atoms with Crippen LogP contribution in [-0.2, 0) is 10.5 Å². The lowest BCUT2D eigenvalue weighted by Crippen LogP contribution is -2.58. The minimum absolute atomic E-state index is 0.0519. The lowest BCUT2D eigenvalue weighted by molar-refractivity contribution is -0.126. The number of nitrogens with zero attached hydrogens (tertiary/aromatic N) is 3. The number of aromatic nitrogens is 3. The fraction of sp³-hybridized carbons (Fsp3) is 0.208. The Morgan fingerprint density at radius 2 is 1.83 bits per heavy atom. The number of rotatable bonds is 5. The second kappa shape index (κ2) is 7.63. The quantitative estimate of drug-likeness (QED) is 0.494. The molecule has 0 saturated carbocycles. The van der Waals surface area contributed by atoms with Crippen LogP contribution in [0.1, 0.15) is 29.9 Å². The molecular formula is C24H23N5O. The Kier molecular flexibility index (Phi) is 4.67.